The maximum absolute atomic E-state index is 12.5. The average molecular weight is 347 g/mol. The molecule has 24 heavy (non-hydrogen) atoms. The zero-order valence-electron chi connectivity index (χ0n) is 13.7. The standard InChI is InChI=1S/C18H19ClN2O3/c1-12(16(22)21-14-10-7-11-20-15(14)19)24-17(23)18(2,3)13-8-5-4-6-9-13/h4-12H,1-3H3,(H,21,22)/t12-/m0/s1. The number of hydrogen-bond donors (Lipinski definition) is 1. The molecule has 1 heterocycles. The number of rotatable bonds is 5. The van der Waals surface area contributed by atoms with Gasteiger partial charge in [-0.3, -0.25) is 9.59 Å². The molecule has 1 atom stereocenters. The van der Waals surface area contributed by atoms with Crippen LogP contribution in [0.2, 0.25) is 5.15 Å². The van der Waals surface area contributed by atoms with Crippen LogP contribution < -0.4 is 5.32 Å². The van der Waals surface area contributed by atoms with Crippen LogP contribution in [0.25, 0.3) is 0 Å². The number of esters is 1. The Morgan fingerprint density at radius 1 is 1.17 bits per heavy atom. The number of hydrogen-bond acceptors (Lipinski definition) is 4. The number of carbonyl (C=O) groups is 2. The fraction of sp³-hybridized carbons (Fsp3) is 0.278. The molecular weight excluding hydrogens is 328 g/mol. The van der Waals surface area contributed by atoms with Crippen LogP contribution in [0.5, 0.6) is 0 Å². The van der Waals surface area contributed by atoms with E-state index in [9.17, 15) is 9.59 Å². The van der Waals surface area contributed by atoms with E-state index in [-0.39, 0.29) is 5.15 Å². The van der Waals surface area contributed by atoms with Gasteiger partial charge < -0.3 is 10.1 Å². The first-order valence-electron chi connectivity index (χ1n) is 7.50. The van der Waals surface area contributed by atoms with Crippen LogP contribution in [0.3, 0.4) is 0 Å². The van der Waals surface area contributed by atoms with Crippen molar-refractivity contribution < 1.29 is 14.3 Å². The zero-order valence-corrected chi connectivity index (χ0v) is 14.5. The number of pyridine rings is 1. The lowest BCUT2D eigenvalue weighted by atomic mass is 9.85. The number of ether oxygens (including phenoxy) is 1. The van der Waals surface area contributed by atoms with E-state index in [2.05, 4.69) is 10.3 Å². The molecule has 0 aliphatic rings. The molecular formula is C18H19ClN2O3. The van der Waals surface area contributed by atoms with Gasteiger partial charge in [-0.2, -0.15) is 0 Å². The normalized spacial score (nSPS) is 12.3. The van der Waals surface area contributed by atoms with E-state index in [1.165, 1.54) is 13.1 Å². The van der Waals surface area contributed by atoms with Gasteiger partial charge in [-0.1, -0.05) is 41.9 Å². The molecule has 0 unspecified atom stereocenters. The summed E-state index contributed by atoms with van der Waals surface area (Å²) >= 11 is 5.90. The number of amides is 1. The summed E-state index contributed by atoms with van der Waals surface area (Å²) in [6.45, 7) is 5.03. The molecule has 0 spiro atoms. The molecule has 2 rings (SSSR count). The van der Waals surface area contributed by atoms with Gasteiger partial charge in [0.2, 0.25) is 0 Å². The Morgan fingerprint density at radius 2 is 1.83 bits per heavy atom. The van der Waals surface area contributed by atoms with Crippen LogP contribution in [0.4, 0.5) is 5.69 Å². The second kappa shape index (κ2) is 7.45. The van der Waals surface area contributed by atoms with Gasteiger partial charge in [0.25, 0.3) is 5.91 Å². The molecule has 2 aromatic rings. The van der Waals surface area contributed by atoms with Gasteiger partial charge >= 0.3 is 5.97 Å². The lowest BCUT2D eigenvalue weighted by Gasteiger charge is -2.25. The Morgan fingerprint density at radius 3 is 2.46 bits per heavy atom. The molecule has 1 aromatic carbocycles. The summed E-state index contributed by atoms with van der Waals surface area (Å²) in [5.74, 6) is -0.948. The van der Waals surface area contributed by atoms with E-state index in [1.807, 2.05) is 30.3 Å². The molecule has 0 aliphatic heterocycles. The highest BCUT2D eigenvalue weighted by Crippen LogP contribution is 2.25. The highest BCUT2D eigenvalue weighted by atomic mass is 35.5. The molecule has 1 amide bonds. The topological polar surface area (TPSA) is 68.3 Å². The van der Waals surface area contributed by atoms with Crippen LogP contribution in [-0.4, -0.2) is 23.0 Å². The highest BCUT2D eigenvalue weighted by molar-refractivity contribution is 6.32. The molecule has 126 valence electrons. The number of anilines is 1. The lowest BCUT2D eigenvalue weighted by Crippen LogP contribution is -2.37. The minimum atomic E-state index is -0.961. The molecule has 6 heteroatoms. The van der Waals surface area contributed by atoms with Gasteiger partial charge in [-0.05, 0) is 38.5 Å². The number of benzene rings is 1. The first-order chi connectivity index (χ1) is 11.3. The maximum atomic E-state index is 12.5. The summed E-state index contributed by atoms with van der Waals surface area (Å²) in [5.41, 5.74) is 0.328. The summed E-state index contributed by atoms with van der Waals surface area (Å²) in [4.78, 5) is 28.5. The third kappa shape index (κ3) is 4.11. The molecule has 1 N–H and O–H groups in total. The zero-order chi connectivity index (χ0) is 17.7. The van der Waals surface area contributed by atoms with Crippen molar-refractivity contribution in [3.63, 3.8) is 0 Å². The van der Waals surface area contributed by atoms with Gasteiger partial charge in [0.15, 0.2) is 11.3 Å². The van der Waals surface area contributed by atoms with Crippen molar-refractivity contribution in [2.24, 2.45) is 0 Å². The number of carbonyl (C=O) groups excluding carboxylic acids is 2. The van der Waals surface area contributed by atoms with Gasteiger partial charge in [0.1, 0.15) is 0 Å². The van der Waals surface area contributed by atoms with Crippen LogP contribution >= 0.6 is 11.6 Å². The van der Waals surface area contributed by atoms with Crippen LogP contribution in [0.1, 0.15) is 26.3 Å². The third-order valence-corrected chi connectivity index (χ3v) is 3.98. The molecule has 1 aromatic heterocycles. The highest BCUT2D eigenvalue weighted by Gasteiger charge is 2.33. The monoisotopic (exact) mass is 346 g/mol. The van der Waals surface area contributed by atoms with Crippen molar-refractivity contribution in [1.82, 2.24) is 4.98 Å². The second-order valence-electron chi connectivity index (χ2n) is 5.87. The summed E-state index contributed by atoms with van der Waals surface area (Å²) in [6, 6.07) is 12.5. The maximum Gasteiger partial charge on any atom is 0.316 e. The summed E-state index contributed by atoms with van der Waals surface area (Å²) in [6.07, 6.45) is 0.556. The first-order valence-corrected chi connectivity index (χ1v) is 7.88. The van der Waals surface area contributed by atoms with Gasteiger partial charge in [0, 0.05) is 6.20 Å². The molecule has 0 saturated heterocycles. The van der Waals surface area contributed by atoms with Crippen molar-refractivity contribution in [3.05, 3.63) is 59.4 Å². The molecule has 0 aliphatic carbocycles. The number of halogens is 1. The molecule has 0 saturated carbocycles. The second-order valence-corrected chi connectivity index (χ2v) is 6.23. The molecule has 0 bridgehead atoms. The predicted octanol–water partition coefficient (Wildman–Crippen LogP) is 3.58. The van der Waals surface area contributed by atoms with Crippen LogP contribution in [-0.2, 0) is 19.7 Å². The minimum Gasteiger partial charge on any atom is -0.452 e. The Kier molecular flexibility index (Phi) is 5.57. The Hall–Kier alpha value is -2.40. The van der Waals surface area contributed by atoms with E-state index in [0.717, 1.165) is 5.56 Å². The molecule has 5 nitrogen and oxygen atoms in total. The summed E-state index contributed by atoms with van der Waals surface area (Å²) < 4.78 is 5.33. The van der Waals surface area contributed by atoms with Crippen molar-refractivity contribution in [1.29, 1.82) is 0 Å². The van der Waals surface area contributed by atoms with E-state index in [0.29, 0.717) is 5.69 Å². The van der Waals surface area contributed by atoms with Gasteiger partial charge in [-0.15, -0.1) is 0 Å². The molecule has 0 fully saturated rings. The van der Waals surface area contributed by atoms with Crippen molar-refractivity contribution in [3.8, 4) is 0 Å². The van der Waals surface area contributed by atoms with Crippen molar-refractivity contribution >= 4 is 29.2 Å². The van der Waals surface area contributed by atoms with Gasteiger partial charge in [-0.25, -0.2) is 4.98 Å². The summed E-state index contributed by atoms with van der Waals surface area (Å²) in [5, 5.41) is 2.77. The third-order valence-electron chi connectivity index (χ3n) is 3.68. The Balaban J connectivity index is 2.03. The predicted molar refractivity (Wildman–Crippen MR) is 92.9 cm³/mol. The van der Waals surface area contributed by atoms with E-state index < -0.39 is 23.4 Å². The van der Waals surface area contributed by atoms with Gasteiger partial charge in [0.05, 0.1) is 11.1 Å². The minimum absolute atomic E-state index is 0.175. The Labute approximate surface area is 146 Å². The SMILES string of the molecule is C[C@H](OC(=O)C(C)(C)c1ccccc1)C(=O)Nc1cccnc1Cl. The first kappa shape index (κ1) is 17.9. The molecule has 0 radical (unpaired) electrons. The van der Waals surface area contributed by atoms with Crippen LogP contribution in [0.15, 0.2) is 48.7 Å². The quantitative estimate of drug-likeness (QED) is 0.663. The number of nitrogens with zero attached hydrogens (tertiary/aromatic N) is 1. The summed E-state index contributed by atoms with van der Waals surface area (Å²) in [7, 11) is 0. The van der Waals surface area contributed by atoms with Crippen molar-refractivity contribution in [2.45, 2.75) is 32.3 Å². The van der Waals surface area contributed by atoms with Crippen LogP contribution in [0, 0.1) is 0 Å². The average Bonchev–Trinajstić information content (AvgIpc) is 2.57. The van der Waals surface area contributed by atoms with E-state index in [4.69, 9.17) is 16.3 Å². The largest absolute Gasteiger partial charge is 0.452 e. The Bertz CT molecular complexity index is 732. The van der Waals surface area contributed by atoms with Crippen molar-refractivity contribution in [2.75, 3.05) is 5.32 Å². The fourth-order valence-corrected chi connectivity index (χ4v) is 2.21. The number of aromatic nitrogens is 1. The lowest BCUT2D eigenvalue weighted by molar-refractivity contribution is -0.158. The van der Waals surface area contributed by atoms with E-state index in [1.54, 1.807) is 26.0 Å². The number of nitrogens with one attached hydrogen (secondary N) is 1. The fourth-order valence-electron chi connectivity index (χ4n) is 2.05. The smallest absolute Gasteiger partial charge is 0.316 e. The van der Waals surface area contributed by atoms with E-state index >= 15 is 0 Å².